The number of amides is 1. The third-order valence-electron chi connectivity index (χ3n) is 4.18. The summed E-state index contributed by atoms with van der Waals surface area (Å²) in [6.07, 6.45) is 1.25. The minimum absolute atomic E-state index is 0.227. The molecule has 1 amide bonds. The number of hydrogen-bond acceptors (Lipinski definition) is 4. The lowest BCUT2D eigenvalue weighted by atomic mass is 10.2. The van der Waals surface area contributed by atoms with Crippen molar-refractivity contribution in [2.45, 2.75) is 37.2 Å². The van der Waals surface area contributed by atoms with Crippen LogP contribution in [0.25, 0.3) is 0 Å². The van der Waals surface area contributed by atoms with Crippen molar-refractivity contribution in [1.82, 2.24) is 9.62 Å². The van der Waals surface area contributed by atoms with Crippen LogP contribution < -0.4 is 5.32 Å². The summed E-state index contributed by atoms with van der Waals surface area (Å²) in [5, 5.41) is 6.77. The van der Waals surface area contributed by atoms with E-state index in [1.54, 1.807) is 35.6 Å². The molecule has 0 bridgehead atoms. The Morgan fingerprint density at radius 1 is 1.29 bits per heavy atom. The summed E-state index contributed by atoms with van der Waals surface area (Å²) in [5.74, 6) is -0.227. The van der Waals surface area contributed by atoms with Crippen molar-refractivity contribution in [3.8, 4) is 0 Å². The number of nitrogens with one attached hydrogen (secondary N) is 1. The van der Waals surface area contributed by atoms with Crippen LogP contribution in [0, 0.1) is 6.92 Å². The minimum atomic E-state index is -3.65. The lowest BCUT2D eigenvalue weighted by Crippen LogP contribution is -2.45. The molecule has 1 N–H and O–H groups in total. The molecule has 0 aliphatic carbocycles. The lowest BCUT2D eigenvalue weighted by Gasteiger charge is -2.23. The highest BCUT2D eigenvalue weighted by atomic mass is 32.2. The van der Waals surface area contributed by atoms with E-state index < -0.39 is 16.1 Å². The molecule has 0 unspecified atom stereocenters. The standard InChI is InChI=1S/C17H20N2O3S2/c1-13-4-6-15(7-5-13)24(21,22)19-9-2-3-16(19)17(20)18-11-14-8-10-23-12-14/h4-8,10,12,16H,2-3,9,11H2,1H3,(H,18,20)/t16-/m0/s1. The van der Waals surface area contributed by atoms with Gasteiger partial charge in [-0.15, -0.1) is 0 Å². The number of sulfonamides is 1. The highest BCUT2D eigenvalue weighted by Crippen LogP contribution is 2.26. The highest BCUT2D eigenvalue weighted by molar-refractivity contribution is 7.89. The van der Waals surface area contributed by atoms with Crippen molar-refractivity contribution < 1.29 is 13.2 Å². The second kappa shape index (κ2) is 7.04. The van der Waals surface area contributed by atoms with Crippen LogP contribution in [-0.4, -0.2) is 31.2 Å². The summed E-state index contributed by atoms with van der Waals surface area (Å²) in [7, 11) is -3.65. The van der Waals surface area contributed by atoms with Crippen LogP contribution in [0.2, 0.25) is 0 Å². The molecule has 7 heteroatoms. The van der Waals surface area contributed by atoms with Crippen molar-refractivity contribution in [3.63, 3.8) is 0 Å². The Hall–Kier alpha value is -1.70. The average Bonchev–Trinajstić information content (AvgIpc) is 3.24. The Labute approximate surface area is 146 Å². The van der Waals surface area contributed by atoms with Crippen LogP contribution in [0.15, 0.2) is 46.0 Å². The summed E-state index contributed by atoms with van der Waals surface area (Å²) in [6.45, 7) is 2.72. The molecule has 0 radical (unpaired) electrons. The topological polar surface area (TPSA) is 66.5 Å². The van der Waals surface area contributed by atoms with Crippen molar-refractivity contribution >= 4 is 27.3 Å². The van der Waals surface area contributed by atoms with Gasteiger partial charge in [-0.2, -0.15) is 15.6 Å². The highest BCUT2D eigenvalue weighted by Gasteiger charge is 2.39. The van der Waals surface area contributed by atoms with Crippen molar-refractivity contribution in [2.24, 2.45) is 0 Å². The Morgan fingerprint density at radius 3 is 2.71 bits per heavy atom. The van der Waals surface area contributed by atoms with E-state index >= 15 is 0 Å². The Balaban J connectivity index is 1.74. The smallest absolute Gasteiger partial charge is 0.243 e. The number of benzene rings is 1. The Morgan fingerprint density at radius 2 is 2.04 bits per heavy atom. The molecule has 1 saturated heterocycles. The molecule has 0 saturated carbocycles. The number of hydrogen-bond donors (Lipinski definition) is 1. The van der Waals surface area contributed by atoms with Crippen LogP contribution in [0.5, 0.6) is 0 Å². The maximum atomic E-state index is 12.8. The number of thiophene rings is 1. The molecule has 1 aromatic carbocycles. The first kappa shape index (κ1) is 17.1. The number of carbonyl (C=O) groups excluding carboxylic acids is 1. The van der Waals surface area contributed by atoms with Gasteiger partial charge in [-0.25, -0.2) is 8.42 Å². The second-order valence-electron chi connectivity index (χ2n) is 5.94. The first-order chi connectivity index (χ1) is 11.5. The van der Waals surface area contributed by atoms with Crippen molar-refractivity contribution in [1.29, 1.82) is 0 Å². The number of aryl methyl sites for hydroxylation is 1. The summed E-state index contributed by atoms with van der Waals surface area (Å²) >= 11 is 1.57. The molecule has 1 aliphatic heterocycles. The van der Waals surface area contributed by atoms with E-state index in [0.717, 1.165) is 11.1 Å². The van der Waals surface area contributed by atoms with E-state index in [0.29, 0.717) is 25.9 Å². The van der Waals surface area contributed by atoms with E-state index in [2.05, 4.69) is 5.32 Å². The normalized spacial score (nSPS) is 18.6. The summed E-state index contributed by atoms with van der Waals surface area (Å²) < 4.78 is 27.0. The fourth-order valence-corrected chi connectivity index (χ4v) is 5.16. The molecule has 1 fully saturated rings. The van der Waals surface area contributed by atoms with Crippen LogP contribution in [0.4, 0.5) is 0 Å². The van der Waals surface area contributed by atoms with Gasteiger partial charge in [0.25, 0.3) is 0 Å². The lowest BCUT2D eigenvalue weighted by molar-refractivity contribution is -0.124. The molecular formula is C17H20N2O3S2. The zero-order valence-corrected chi connectivity index (χ0v) is 15.1. The van der Waals surface area contributed by atoms with Gasteiger partial charge in [0.2, 0.25) is 15.9 Å². The largest absolute Gasteiger partial charge is 0.351 e. The van der Waals surface area contributed by atoms with Gasteiger partial charge < -0.3 is 5.32 Å². The fourth-order valence-electron chi connectivity index (χ4n) is 2.84. The van der Waals surface area contributed by atoms with Crippen LogP contribution in [-0.2, 0) is 21.4 Å². The number of carbonyl (C=O) groups is 1. The van der Waals surface area contributed by atoms with Gasteiger partial charge in [-0.3, -0.25) is 4.79 Å². The first-order valence-electron chi connectivity index (χ1n) is 7.86. The van der Waals surface area contributed by atoms with Crippen molar-refractivity contribution in [2.75, 3.05) is 6.54 Å². The average molecular weight is 364 g/mol. The van der Waals surface area contributed by atoms with E-state index in [1.807, 2.05) is 23.8 Å². The molecule has 5 nitrogen and oxygen atoms in total. The zero-order chi connectivity index (χ0) is 17.2. The van der Waals surface area contributed by atoms with Gasteiger partial charge in [0, 0.05) is 13.1 Å². The third-order valence-corrected chi connectivity index (χ3v) is 6.84. The first-order valence-corrected chi connectivity index (χ1v) is 10.2. The molecule has 1 aliphatic rings. The van der Waals surface area contributed by atoms with E-state index in [4.69, 9.17) is 0 Å². The van der Waals surface area contributed by atoms with Gasteiger partial charge in [-0.1, -0.05) is 17.7 Å². The van der Waals surface area contributed by atoms with E-state index in [1.165, 1.54) is 4.31 Å². The maximum Gasteiger partial charge on any atom is 0.243 e. The van der Waals surface area contributed by atoms with Gasteiger partial charge in [0.05, 0.1) is 4.90 Å². The fraction of sp³-hybridized carbons (Fsp3) is 0.353. The van der Waals surface area contributed by atoms with Crippen LogP contribution in [0.3, 0.4) is 0 Å². The molecule has 2 heterocycles. The van der Waals surface area contributed by atoms with Crippen LogP contribution >= 0.6 is 11.3 Å². The van der Waals surface area contributed by atoms with Gasteiger partial charge in [-0.05, 0) is 54.3 Å². The molecule has 0 spiro atoms. The van der Waals surface area contributed by atoms with E-state index in [-0.39, 0.29) is 10.8 Å². The SMILES string of the molecule is Cc1ccc(S(=O)(=O)N2CCC[C@H]2C(=O)NCc2ccsc2)cc1. The van der Waals surface area contributed by atoms with Crippen molar-refractivity contribution in [3.05, 3.63) is 52.2 Å². The van der Waals surface area contributed by atoms with Crippen LogP contribution in [0.1, 0.15) is 24.0 Å². The molecule has 24 heavy (non-hydrogen) atoms. The predicted molar refractivity (Wildman–Crippen MR) is 94.3 cm³/mol. The zero-order valence-electron chi connectivity index (χ0n) is 13.4. The molecule has 1 aromatic heterocycles. The number of nitrogens with zero attached hydrogens (tertiary/aromatic N) is 1. The predicted octanol–water partition coefficient (Wildman–Crippen LogP) is 2.53. The Bertz CT molecular complexity index is 799. The Kier molecular flexibility index (Phi) is 5.03. The second-order valence-corrected chi connectivity index (χ2v) is 8.61. The maximum absolute atomic E-state index is 12.8. The molecule has 2 aromatic rings. The number of rotatable bonds is 5. The summed E-state index contributed by atoms with van der Waals surface area (Å²) in [5.41, 5.74) is 2.03. The van der Waals surface area contributed by atoms with Gasteiger partial charge in [0.15, 0.2) is 0 Å². The summed E-state index contributed by atoms with van der Waals surface area (Å²) in [6, 6.07) is 8.06. The van der Waals surface area contributed by atoms with Gasteiger partial charge >= 0.3 is 0 Å². The third kappa shape index (κ3) is 3.53. The molecular weight excluding hydrogens is 344 g/mol. The minimum Gasteiger partial charge on any atom is -0.351 e. The monoisotopic (exact) mass is 364 g/mol. The van der Waals surface area contributed by atoms with Gasteiger partial charge in [0.1, 0.15) is 6.04 Å². The summed E-state index contributed by atoms with van der Waals surface area (Å²) in [4.78, 5) is 12.7. The molecule has 128 valence electrons. The quantitative estimate of drug-likeness (QED) is 0.886. The molecule has 1 atom stereocenters. The van der Waals surface area contributed by atoms with E-state index in [9.17, 15) is 13.2 Å². The molecule has 3 rings (SSSR count).